The van der Waals surface area contributed by atoms with Crippen LogP contribution < -0.4 is 0 Å². The molecule has 0 aromatic carbocycles. The van der Waals surface area contributed by atoms with Crippen LogP contribution in [0.5, 0.6) is 0 Å². The molecule has 0 atom stereocenters. The first-order valence-electron chi connectivity index (χ1n) is 8.16. The fourth-order valence-electron chi connectivity index (χ4n) is 2.51. The van der Waals surface area contributed by atoms with Gasteiger partial charge in [0.05, 0.1) is 33.4 Å². The summed E-state index contributed by atoms with van der Waals surface area (Å²) in [5.41, 5.74) is 0.457. The molecule has 0 saturated carbocycles. The van der Waals surface area contributed by atoms with Crippen molar-refractivity contribution in [3.8, 4) is 0 Å². The largest absolute Gasteiger partial charge is 0.330 e. The second kappa shape index (κ2) is 11.4. The molecule has 0 aromatic rings. The van der Waals surface area contributed by atoms with E-state index in [4.69, 9.17) is 0 Å². The highest BCUT2D eigenvalue weighted by Gasteiger charge is 2.19. The highest BCUT2D eigenvalue weighted by molar-refractivity contribution is 7.86. The highest BCUT2D eigenvalue weighted by atomic mass is 32.2. The molecule has 0 amide bonds. The molecule has 0 N–H and O–H groups in total. The van der Waals surface area contributed by atoms with Gasteiger partial charge >= 0.3 is 0 Å². The van der Waals surface area contributed by atoms with Crippen molar-refractivity contribution in [3.63, 3.8) is 0 Å². The number of hydrogen-bond donors (Lipinski definition) is 0. The summed E-state index contributed by atoms with van der Waals surface area (Å²) in [5, 5.41) is 0. The van der Waals surface area contributed by atoms with Crippen molar-refractivity contribution in [2.45, 2.75) is 66.2 Å². The Hall–Kier alpha value is -0.200. The topological polar surface area (TPSA) is 43.4 Å². The molecule has 0 aliphatic carbocycles. The summed E-state index contributed by atoms with van der Waals surface area (Å²) in [6, 6.07) is 0. The fourth-order valence-corrected chi connectivity index (χ4v) is 3.13. The first-order valence-corrected chi connectivity index (χ1v) is 9.74. The predicted molar refractivity (Wildman–Crippen MR) is 91.7 cm³/mol. The smallest absolute Gasteiger partial charge is 0.297 e. The molecule has 22 heavy (non-hydrogen) atoms. The van der Waals surface area contributed by atoms with Gasteiger partial charge in [0.1, 0.15) is 0 Å². The highest BCUT2D eigenvalue weighted by Crippen LogP contribution is 2.15. The third-order valence-electron chi connectivity index (χ3n) is 2.79. The van der Waals surface area contributed by atoms with Crippen LogP contribution in [-0.4, -0.2) is 46.3 Å². The van der Waals surface area contributed by atoms with Crippen molar-refractivity contribution < 1.29 is 21.8 Å². The summed E-state index contributed by atoms with van der Waals surface area (Å²) in [6.45, 7) is 10.2. The molecule has 6 heteroatoms. The van der Waals surface area contributed by atoms with Crippen molar-refractivity contribution in [2.24, 2.45) is 5.41 Å². The summed E-state index contributed by atoms with van der Waals surface area (Å²) in [7, 11) is 2.80. The Morgan fingerprint density at radius 1 is 0.955 bits per heavy atom. The van der Waals surface area contributed by atoms with Crippen molar-refractivity contribution in [1.29, 1.82) is 0 Å². The van der Waals surface area contributed by atoms with E-state index in [0.29, 0.717) is 11.8 Å². The number of hydrogen-bond acceptors (Lipinski definition) is 3. The third-order valence-corrected chi connectivity index (χ3v) is 3.77. The molecule has 0 bridgehead atoms. The first kappa shape index (κ1) is 24.1. The summed E-state index contributed by atoms with van der Waals surface area (Å²) in [4.78, 5) is 0. The zero-order valence-corrected chi connectivity index (χ0v) is 16.4. The van der Waals surface area contributed by atoms with Gasteiger partial charge in [-0.15, -0.1) is 0 Å². The van der Waals surface area contributed by atoms with Crippen molar-refractivity contribution in [1.82, 2.24) is 0 Å². The molecule has 0 aliphatic heterocycles. The first-order chi connectivity index (χ1) is 9.83. The molecule has 0 fully saturated rings. The lowest BCUT2D eigenvalue weighted by Gasteiger charge is -2.31. The molecule has 0 unspecified atom stereocenters. The van der Waals surface area contributed by atoms with Crippen molar-refractivity contribution in [2.75, 3.05) is 33.4 Å². The van der Waals surface area contributed by atoms with Gasteiger partial charge < -0.3 is 4.48 Å². The van der Waals surface area contributed by atoms with E-state index in [1.54, 1.807) is 0 Å². The Morgan fingerprint density at radius 2 is 1.41 bits per heavy atom. The van der Waals surface area contributed by atoms with E-state index in [9.17, 15) is 12.9 Å². The Kier molecular flexibility index (Phi) is 12.4. The minimum atomic E-state index is -3.88. The average molecular weight is 343 g/mol. The maximum Gasteiger partial charge on any atom is 0.297 e. The zero-order chi connectivity index (χ0) is 17.9. The van der Waals surface area contributed by atoms with Crippen LogP contribution in [0.3, 0.4) is 0 Å². The van der Waals surface area contributed by atoms with Crippen LogP contribution in [0.2, 0.25) is 0 Å². The molecular weight excluding hydrogens is 305 g/mol. The van der Waals surface area contributed by atoms with E-state index >= 15 is 0 Å². The van der Waals surface area contributed by atoms with Gasteiger partial charge in [0.2, 0.25) is 0 Å². The van der Waals surface area contributed by atoms with Gasteiger partial charge in [-0.05, 0) is 10.9 Å². The number of nitrogens with zero attached hydrogens (tertiary/aromatic N) is 1. The number of halogens is 1. The Balaban J connectivity index is 0. The molecule has 0 spiro atoms. The monoisotopic (exact) mass is 342 g/mol. The fraction of sp³-hybridized carbons (Fsp3) is 1.00. The molecule has 0 aliphatic rings. The maximum atomic E-state index is 11.3. The average Bonchev–Trinajstić information content (AvgIpc) is 2.30. The van der Waals surface area contributed by atoms with Crippen molar-refractivity contribution in [3.05, 3.63) is 0 Å². The van der Waals surface area contributed by atoms with Crippen LogP contribution in [0.4, 0.5) is 4.53 Å². The van der Waals surface area contributed by atoms with Gasteiger partial charge in [0.15, 0.2) is 0 Å². The van der Waals surface area contributed by atoms with E-state index in [1.165, 1.54) is 13.0 Å². The van der Waals surface area contributed by atoms with Crippen LogP contribution >= 0.6 is 0 Å². The summed E-state index contributed by atoms with van der Waals surface area (Å²) in [6.07, 6.45) is 5.76. The van der Waals surface area contributed by atoms with Crippen LogP contribution in [0, 0.1) is 5.41 Å². The summed E-state index contributed by atoms with van der Waals surface area (Å²) >= 11 is 0. The Morgan fingerprint density at radius 3 is 1.73 bits per heavy atom. The maximum absolute atomic E-state index is 11.3. The molecule has 0 rings (SSSR count). The Bertz CT molecular complexity index is 345. The van der Waals surface area contributed by atoms with Gasteiger partial charge in [-0.25, -0.2) is 0 Å². The van der Waals surface area contributed by atoms with Gasteiger partial charge in [-0.2, -0.15) is 8.42 Å². The van der Waals surface area contributed by atoms with Gasteiger partial charge in [-0.3, -0.25) is 0 Å². The number of quaternary nitrogens is 1. The molecule has 0 aromatic heterocycles. The second-order valence-electron chi connectivity index (χ2n) is 8.10. The summed E-state index contributed by atoms with van der Waals surface area (Å²) < 4.78 is 36.2. The van der Waals surface area contributed by atoms with Crippen LogP contribution in [0.15, 0.2) is 0 Å². The van der Waals surface area contributed by atoms with E-state index < -0.39 is 10.1 Å². The summed E-state index contributed by atoms with van der Waals surface area (Å²) in [5.74, 6) is -0.213. The third kappa shape index (κ3) is 22.1. The van der Waals surface area contributed by atoms with Gasteiger partial charge in [-0.1, -0.05) is 64.2 Å². The van der Waals surface area contributed by atoms with Gasteiger partial charge in [0, 0.05) is 5.41 Å². The molecular formula is C16H37FNO3S+. The quantitative estimate of drug-likeness (QED) is 0.463. The molecule has 136 valence electrons. The number of rotatable bonds is 9. The molecule has 4 nitrogen and oxygen atoms in total. The normalized spacial score (nSPS) is 12.7. The van der Waals surface area contributed by atoms with Gasteiger partial charge in [0.25, 0.3) is 10.1 Å². The minimum Gasteiger partial charge on any atom is -0.330 e. The molecule has 0 radical (unpaired) electrons. The molecule has 0 saturated heterocycles. The number of unbranched alkanes of at least 4 members (excludes halogenated alkanes) is 5. The standard InChI is InChI=1S/C8H17FO3S.C8H20N/c1-2-3-4-5-6-7-8-13(10,11)12-9;1-8(2,3)7-9(4,5)6/h2-8H2,1H3;7H2,1-6H3/q;+1. The zero-order valence-electron chi connectivity index (χ0n) is 15.6. The van der Waals surface area contributed by atoms with Crippen LogP contribution in [0.1, 0.15) is 66.2 Å². The lowest BCUT2D eigenvalue weighted by molar-refractivity contribution is -0.876. The lowest BCUT2D eigenvalue weighted by atomic mass is 9.96. The lowest BCUT2D eigenvalue weighted by Crippen LogP contribution is -2.41. The minimum absolute atomic E-state index is 0.213. The van der Waals surface area contributed by atoms with Crippen molar-refractivity contribution >= 4 is 10.1 Å². The van der Waals surface area contributed by atoms with Crippen LogP contribution in [0.25, 0.3) is 0 Å². The Labute approximate surface area is 137 Å². The van der Waals surface area contributed by atoms with E-state index in [2.05, 4.69) is 53.2 Å². The van der Waals surface area contributed by atoms with E-state index in [0.717, 1.165) is 30.2 Å². The predicted octanol–water partition coefficient (Wildman–Crippen LogP) is 4.32. The van der Waals surface area contributed by atoms with E-state index in [-0.39, 0.29) is 5.75 Å². The second-order valence-corrected chi connectivity index (χ2v) is 9.75. The van der Waals surface area contributed by atoms with Crippen LogP contribution in [-0.2, 0) is 14.5 Å². The van der Waals surface area contributed by atoms with E-state index in [1.807, 2.05) is 0 Å². The molecule has 0 heterocycles. The SMILES string of the molecule is CC(C)(C)C[N+](C)(C)C.CCCCCCCCS(=O)(=O)OF.